The van der Waals surface area contributed by atoms with Gasteiger partial charge in [-0.2, -0.15) is 0 Å². The fourth-order valence-electron chi connectivity index (χ4n) is 1.47. The van der Waals surface area contributed by atoms with E-state index in [1.807, 2.05) is 22.7 Å². The van der Waals surface area contributed by atoms with Crippen LogP contribution in [-0.2, 0) is 0 Å². The molecule has 0 radical (unpaired) electrons. The summed E-state index contributed by atoms with van der Waals surface area (Å²) in [6.07, 6.45) is 4.11. The van der Waals surface area contributed by atoms with Crippen molar-refractivity contribution in [3.63, 3.8) is 0 Å². The van der Waals surface area contributed by atoms with Gasteiger partial charge in [0.15, 0.2) is 0 Å². The van der Waals surface area contributed by atoms with Crippen LogP contribution in [0.3, 0.4) is 0 Å². The molecule has 6 heteroatoms. The van der Waals surface area contributed by atoms with Gasteiger partial charge in [-0.1, -0.05) is 0 Å². The predicted octanol–water partition coefficient (Wildman–Crippen LogP) is 3.36. The molecule has 0 saturated heterocycles. The Balaban J connectivity index is 2.33. The molecular formula is C12H20N2S2Sn2. The van der Waals surface area contributed by atoms with Crippen molar-refractivity contribution in [1.29, 1.82) is 0 Å². The molecule has 0 fully saturated rings. The fraction of sp³-hybridized carbons (Fsp3) is 0.500. The van der Waals surface area contributed by atoms with Crippen LogP contribution in [0.5, 0.6) is 0 Å². The van der Waals surface area contributed by atoms with Gasteiger partial charge in [-0.25, -0.2) is 0 Å². The van der Waals surface area contributed by atoms with Gasteiger partial charge in [-0.3, -0.25) is 0 Å². The Morgan fingerprint density at radius 1 is 0.722 bits per heavy atom. The van der Waals surface area contributed by atoms with Gasteiger partial charge in [-0.15, -0.1) is 0 Å². The monoisotopic (exact) mass is 496 g/mol. The molecule has 0 atom stereocenters. The topological polar surface area (TPSA) is 25.8 Å². The van der Waals surface area contributed by atoms with E-state index in [4.69, 9.17) is 0 Å². The summed E-state index contributed by atoms with van der Waals surface area (Å²) in [6, 6.07) is 0. The van der Waals surface area contributed by atoms with E-state index in [1.165, 1.54) is 15.8 Å². The first-order valence-electron chi connectivity index (χ1n) is 6.11. The van der Waals surface area contributed by atoms with Gasteiger partial charge in [0, 0.05) is 0 Å². The third kappa shape index (κ3) is 3.49. The second kappa shape index (κ2) is 5.33. The zero-order chi connectivity index (χ0) is 13.6. The van der Waals surface area contributed by atoms with Crippen LogP contribution in [0.2, 0.25) is 29.6 Å². The van der Waals surface area contributed by atoms with Gasteiger partial charge < -0.3 is 0 Å². The molecule has 2 aromatic heterocycles. The van der Waals surface area contributed by atoms with Crippen molar-refractivity contribution in [2.24, 2.45) is 0 Å². The first-order chi connectivity index (χ1) is 8.18. The molecule has 18 heavy (non-hydrogen) atoms. The zero-order valence-electron chi connectivity index (χ0n) is 11.9. The van der Waals surface area contributed by atoms with Crippen LogP contribution in [-0.4, -0.2) is 46.7 Å². The summed E-state index contributed by atoms with van der Waals surface area (Å²) in [5, 5.41) is 0. The van der Waals surface area contributed by atoms with Crippen molar-refractivity contribution in [3.8, 4) is 9.75 Å². The molecule has 0 saturated carbocycles. The summed E-state index contributed by atoms with van der Waals surface area (Å²) in [6.45, 7) is 0. The summed E-state index contributed by atoms with van der Waals surface area (Å²) < 4.78 is 2.82. The van der Waals surface area contributed by atoms with Crippen molar-refractivity contribution in [1.82, 2.24) is 9.97 Å². The number of hydrogen-bond donors (Lipinski definition) is 0. The average Bonchev–Trinajstić information content (AvgIpc) is 2.84. The normalized spacial score (nSPS) is 13.0. The maximum atomic E-state index is 4.64. The van der Waals surface area contributed by atoms with E-state index in [1.54, 1.807) is 0 Å². The second-order valence-electron chi connectivity index (χ2n) is 6.56. The van der Waals surface area contributed by atoms with Gasteiger partial charge in [0.25, 0.3) is 0 Å². The Hall–Kier alpha value is 0.857. The number of hydrogen-bond acceptors (Lipinski definition) is 4. The van der Waals surface area contributed by atoms with E-state index in [0.717, 1.165) is 0 Å². The van der Waals surface area contributed by atoms with E-state index in [-0.39, 0.29) is 0 Å². The average molecular weight is 494 g/mol. The van der Waals surface area contributed by atoms with E-state index < -0.39 is 36.8 Å². The van der Waals surface area contributed by atoms with Gasteiger partial charge >= 0.3 is 127 Å². The molecule has 2 aromatic rings. The molecule has 2 rings (SSSR count). The number of aromatic nitrogens is 2. The molecule has 0 aliphatic carbocycles. The molecule has 0 aromatic carbocycles. The minimum atomic E-state index is -1.99. The molecule has 0 aliphatic heterocycles. The van der Waals surface area contributed by atoms with Crippen molar-refractivity contribution in [2.75, 3.05) is 0 Å². The first-order valence-corrected chi connectivity index (χ1v) is 27.7. The van der Waals surface area contributed by atoms with Gasteiger partial charge in [0.1, 0.15) is 0 Å². The third-order valence-corrected chi connectivity index (χ3v) is 22.4. The minimum absolute atomic E-state index is 1.32. The maximum absolute atomic E-state index is 4.64. The van der Waals surface area contributed by atoms with E-state index in [0.29, 0.717) is 0 Å². The van der Waals surface area contributed by atoms with Crippen molar-refractivity contribution < 1.29 is 0 Å². The third-order valence-electron chi connectivity index (χ3n) is 2.54. The molecule has 0 N–H and O–H groups in total. The van der Waals surface area contributed by atoms with Crippen LogP contribution >= 0.6 is 22.7 Å². The summed E-state index contributed by atoms with van der Waals surface area (Å²) in [5.41, 5.74) is 0. The van der Waals surface area contributed by atoms with E-state index in [9.17, 15) is 0 Å². The molecular weight excluding hydrogens is 474 g/mol. The van der Waals surface area contributed by atoms with Gasteiger partial charge in [0.2, 0.25) is 0 Å². The summed E-state index contributed by atoms with van der Waals surface area (Å²) >= 11 is -0.198. The summed E-state index contributed by atoms with van der Waals surface area (Å²) in [4.78, 5) is 26.4. The zero-order valence-corrected chi connectivity index (χ0v) is 19.2. The molecule has 0 spiro atoms. The number of rotatable bonds is 3. The first kappa shape index (κ1) is 15.3. The fourth-order valence-corrected chi connectivity index (χ4v) is 13.2. The van der Waals surface area contributed by atoms with E-state index >= 15 is 0 Å². The van der Waals surface area contributed by atoms with Crippen molar-refractivity contribution in [3.05, 3.63) is 12.4 Å². The van der Waals surface area contributed by atoms with Gasteiger partial charge in [0.05, 0.1) is 0 Å². The SMILES string of the molecule is [CH3][Sn]([CH3])([CH3])[c]1ncc(-c2cn[c]([Sn]([CH3])([CH3])[CH3])s2)s1. The Bertz CT molecular complexity index is 497. The predicted molar refractivity (Wildman–Crippen MR) is 89.2 cm³/mol. The van der Waals surface area contributed by atoms with Crippen LogP contribution in [0.1, 0.15) is 0 Å². The quantitative estimate of drug-likeness (QED) is 0.613. The Morgan fingerprint density at radius 3 is 1.28 bits per heavy atom. The van der Waals surface area contributed by atoms with Crippen molar-refractivity contribution >= 4 is 65.5 Å². The Kier molecular flexibility index (Phi) is 4.52. The Labute approximate surface area is 126 Å². The van der Waals surface area contributed by atoms with Crippen LogP contribution < -0.4 is 6.05 Å². The van der Waals surface area contributed by atoms with Crippen molar-refractivity contribution in [2.45, 2.75) is 29.6 Å². The molecule has 0 amide bonds. The number of nitrogens with zero attached hydrogens (tertiary/aromatic N) is 2. The van der Waals surface area contributed by atoms with Crippen LogP contribution in [0.4, 0.5) is 0 Å². The molecule has 0 bridgehead atoms. The van der Waals surface area contributed by atoms with E-state index in [2.05, 4.69) is 52.0 Å². The van der Waals surface area contributed by atoms with Crippen LogP contribution in [0.25, 0.3) is 9.75 Å². The summed E-state index contributed by atoms with van der Waals surface area (Å²) in [7, 11) is 0. The number of thiazole rings is 2. The molecule has 0 aliphatic rings. The van der Waals surface area contributed by atoms with Gasteiger partial charge in [-0.05, 0) is 0 Å². The molecule has 0 unspecified atom stereocenters. The summed E-state index contributed by atoms with van der Waals surface area (Å²) in [5.74, 6) is 0. The van der Waals surface area contributed by atoms with Crippen LogP contribution in [0.15, 0.2) is 12.4 Å². The molecule has 98 valence electrons. The molecule has 2 heterocycles. The Morgan fingerprint density at radius 2 is 1.06 bits per heavy atom. The van der Waals surface area contributed by atoms with Crippen LogP contribution in [0, 0.1) is 0 Å². The second-order valence-corrected chi connectivity index (χ2v) is 39.1. The molecule has 2 nitrogen and oxygen atoms in total. The standard InChI is InChI=1S/C6H2N2S2.6CH3.2Sn/c1-5(9-3-7-1)6-2-8-4-10-6;;;;;;;;/h1-2H;6*1H3;;.